The van der Waals surface area contributed by atoms with Crippen LogP contribution >= 0.6 is 0 Å². The Labute approximate surface area is 110 Å². The molecule has 19 heavy (non-hydrogen) atoms. The fourth-order valence-corrected chi connectivity index (χ4v) is 1.89. The number of ether oxygens (including phenoxy) is 1. The summed E-state index contributed by atoms with van der Waals surface area (Å²) in [5.41, 5.74) is 2.59. The first-order valence-corrected chi connectivity index (χ1v) is 5.82. The van der Waals surface area contributed by atoms with E-state index in [0.717, 1.165) is 11.1 Å². The zero-order chi connectivity index (χ0) is 13.8. The number of rotatable bonds is 5. The summed E-state index contributed by atoms with van der Waals surface area (Å²) in [6.07, 6.45) is 0. The van der Waals surface area contributed by atoms with Crippen molar-refractivity contribution in [1.29, 1.82) is 0 Å². The first-order chi connectivity index (χ1) is 9.11. The van der Waals surface area contributed by atoms with Gasteiger partial charge in [0.1, 0.15) is 0 Å². The van der Waals surface area contributed by atoms with Crippen LogP contribution in [0.4, 0.5) is 0 Å². The molecule has 100 valence electrons. The Bertz CT molecular complexity index is 593. The number of carboxylic acids is 1. The third-order valence-corrected chi connectivity index (χ3v) is 2.74. The summed E-state index contributed by atoms with van der Waals surface area (Å²) < 4.78 is 6.57. The molecule has 1 heterocycles. The van der Waals surface area contributed by atoms with Gasteiger partial charge in [-0.2, -0.15) is 0 Å². The number of carbonyl (C=O) groups is 1. The van der Waals surface area contributed by atoms with E-state index >= 15 is 0 Å². The Morgan fingerprint density at radius 1 is 1.47 bits per heavy atom. The molecule has 1 aromatic heterocycles. The minimum absolute atomic E-state index is 0.0606. The molecule has 6 nitrogen and oxygen atoms in total. The summed E-state index contributed by atoms with van der Waals surface area (Å²) in [5, 5.41) is 16.6. The molecule has 0 saturated carbocycles. The van der Waals surface area contributed by atoms with Gasteiger partial charge in [0.2, 0.25) is 0 Å². The summed E-state index contributed by atoms with van der Waals surface area (Å²) in [7, 11) is 1.51. The lowest BCUT2D eigenvalue weighted by atomic mass is 10.1. The molecule has 0 aliphatic heterocycles. The van der Waals surface area contributed by atoms with Crippen molar-refractivity contribution in [2.24, 2.45) is 0 Å². The molecule has 2 aromatic rings. The van der Waals surface area contributed by atoms with E-state index in [1.807, 2.05) is 31.2 Å². The van der Waals surface area contributed by atoms with Gasteiger partial charge in [-0.05, 0) is 12.5 Å². The maximum Gasteiger partial charge on any atom is 0.358 e. The highest BCUT2D eigenvalue weighted by atomic mass is 16.5. The lowest BCUT2D eigenvalue weighted by Crippen LogP contribution is -2.10. The molecule has 0 aliphatic carbocycles. The first kappa shape index (κ1) is 13.2. The van der Waals surface area contributed by atoms with Crippen molar-refractivity contribution < 1.29 is 14.6 Å². The van der Waals surface area contributed by atoms with Crippen LogP contribution in [-0.4, -0.2) is 33.2 Å². The van der Waals surface area contributed by atoms with Crippen molar-refractivity contribution in [2.45, 2.75) is 20.1 Å². The highest BCUT2D eigenvalue weighted by Crippen LogP contribution is 2.11. The fraction of sp³-hybridized carbons (Fsp3) is 0.308. The van der Waals surface area contributed by atoms with Gasteiger partial charge in [-0.15, -0.1) is 5.10 Å². The molecule has 6 heteroatoms. The molecule has 0 bridgehead atoms. The molecule has 0 unspecified atom stereocenters. The summed E-state index contributed by atoms with van der Waals surface area (Å²) in [4.78, 5) is 11.0. The Morgan fingerprint density at radius 2 is 2.26 bits per heavy atom. The van der Waals surface area contributed by atoms with Gasteiger partial charge in [0.15, 0.2) is 5.69 Å². The molecule has 0 spiro atoms. The number of carboxylic acid groups (broad SMARTS) is 1. The molecule has 2 rings (SSSR count). The third-order valence-electron chi connectivity index (χ3n) is 2.74. The van der Waals surface area contributed by atoms with Crippen LogP contribution in [0.2, 0.25) is 0 Å². The average Bonchev–Trinajstić information content (AvgIpc) is 2.73. The SMILES string of the molecule is COCc1c(C(=O)O)nnn1Cc1cccc(C)c1. The van der Waals surface area contributed by atoms with Crippen molar-refractivity contribution in [3.8, 4) is 0 Å². The van der Waals surface area contributed by atoms with Crippen molar-refractivity contribution >= 4 is 5.97 Å². The Balaban J connectivity index is 2.32. The van der Waals surface area contributed by atoms with Crippen molar-refractivity contribution in [1.82, 2.24) is 15.0 Å². The van der Waals surface area contributed by atoms with Crippen molar-refractivity contribution in [2.75, 3.05) is 7.11 Å². The van der Waals surface area contributed by atoms with Crippen LogP contribution in [0.5, 0.6) is 0 Å². The van der Waals surface area contributed by atoms with Gasteiger partial charge in [-0.25, -0.2) is 9.48 Å². The van der Waals surface area contributed by atoms with Gasteiger partial charge in [-0.1, -0.05) is 35.0 Å². The van der Waals surface area contributed by atoms with Gasteiger partial charge in [0, 0.05) is 7.11 Å². The smallest absolute Gasteiger partial charge is 0.358 e. The molecule has 0 saturated heterocycles. The van der Waals surface area contributed by atoms with Crippen molar-refractivity contribution in [3.05, 3.63) is 46.8 Å². The van der Waals surface area contributed by atoms with Gasteiger partial charge < -0.3 is 9.84 Å². The van der Waals surface area contributed by atoms with Crippen LogP contribution in [0.1, 0.15) is 27.3 Å². The number of aromatic carboxylic acids is 1. The second-order valence-corrected chi connectivity index (χ2v) is 4.27. The number of hydrogen-bond donors (Lipinski definition) is 1. The lowest BCUT2D eigenvalue weighted by molar-refractivity contribution is 0.0684. The molecule has 0 atom stereocenters. The predicted octanol–water partition coefficient (Wildman–Crippen LogP) is 1.48. The monoisotopic (exact) mass is 261 g/mol. The molecule has 0 amide bonds. The molecular weight excluding hydrogens is 246 g/mol. The second-order valence-electron chi connectivity index (χ2n) is 4.27. The first-order valence-electron chi connectivity index (χ1n) is 5.82. The maximum atomic E-state index is 11.0. The topological polar surface area (TPSA) is 77.2 Å². The molecule has 0 fully saturated rings. The largest absolute Gasteiger partial charge is 0.476 e. The molecular formula is C13H15N3O3. The second kappa shape index (κ2) is 5.62. The van der Waals surface area contributed by atoms with E-state index < -0.39 is 5.97 Å². The van der Waals surface area contributed by atoms with Crippen molar-refractivity contribution in [3.63, 3.8) is 0 Å². The van der Waals surface area contributed by atoms with E-state index in [1.54, 1.807) is 4.68 Å². The van der Waals surface area contributed by atoms with Gasteiger partial charge in [0.05, 0.1) is 18.8 Å². The Morgan fingerprint density at radius 3 is 2.89 bits per heavy atom. The number of hydrogen-bond acceptors (Lipinski definition) is 4. The minimum atomic E-state index is -1.09. The molecule has 0 radical (unpaired) electrons. The summed E-state index contributed by atoms with van der Waals surface area (Å²) in [5.74, 6) is -1.09. The van der Waals surface area contributed by atoms with Crippen LogP contribution in [0.3, 0.4) is 0 Å². The summed E-state index contributed by atoms with van der Waals surface area (Å²) >= 11 is 0. The van der Waals surface area contributed by atoms with Crippen LogP contribution in [-0.2, 0) is 17.9 Å². The number of nitrogens with zero attached hydrogens (tertiary/aromatic N) is 3. The van der Waals surface area contributed by atoms with Gasteiger partial charge in [0.25, 0.3) is 0 Å². The van der Waals surface area contributed by atoms with Crippen LogP contribution < -0.4 is 0 Å². The third kappa shape index (κ3) is 2.97. The molecule has 0 aliphatic rings. The number of methoxy groups -OCH3 is 1. The number of aryl methyl sites for hydroxylation is 1. The normalized spacial score (nSPS) is 10.6. The van der Waals surface area contributed by atoms with E-state index in [9.17, 15) is 4.79 Å². The number of benzene rings is 1. The molecule has 1 N–H and O–H groups in total. The highest BCUT2D eigenvalue weighted by Gasteiger charge is 2.18. The van der Waals surface area contributed by atoms with E-state index in [1.165, 1.54) is 7.11 Å². The van der Waals surface area contributed by atoms with E-state index in [0.29, 0.717) is 12.2 Å². The fourth-order valence-electron chi connectivity index (χ4n) is 1.89. The standard InChI is InChI=1S/C13H15N3O3/c1-9-4-3-5-10(6-9)7-16-11(8-19-2)12(13(17)18)14-15-16/h3-6H,7-8H2,1-2H3,(H,17,18). The van der Waals surface area contributed by atoms with Crippen LogP contribution in [0, 0.1) is 6.92 Å². The zero-order valence-electron chi connectivity index (χ0n) is 10.8. The minimum Gasteiger partial charge on any atom is -0.476 e. The summed E-state index contributed by atoms with van der Waals surface area (Å²) in [6.45, 7) is 2.64. The van der Waals surface area contributed by atoms with Gasteiger partial charge >= 0.3 is 5.97 Å². The maximum absolute atomic E-state index is 11.0. The highest BCUT2D eigenvalue weighted by molar-refractivity contribution is 5.86. The van der Waals surface area contributed by atoms with Gasteiger partial charge in [-0.3, -0.25) is 0 Å². The summed E-state index contributed by atoms with van der Waals surface area (Å²) in [6, 6.07) is 7.95. The van der Waals surface area contributed by atoms with E-state index in [-0.39, 0.29) is 12.3 Å². The van der Waals surface area contributed by atoms with E-state index in [4.69, 9.17) is 9.84 Å². The number of aromatic nitrogens is 3. The van der Waals surface area contributed by atoms with Crippen LogP contribution in [0.15, 0.2) is 24.3 Å². The average molecular weight is 261 g/mol. The lowest BCUT2D eigenvalue weighted by Gasteiger charge is -2.07. The Hall–Kier alpha value is -2.21. The molecule has 1 aromatic carbocycles. The quantitative estimate of drug-likeness (QED) is 0.882. The van der Waals surface area contributed by atoms with Crippen LogP contribution in [0.25, 0.3) is 0 Å². The van der Waals surface area contributed by atoms with E-state index in [2.05, 4.69) is 10.3 Å². The predicted molar refractivity (Wildman–Crippen MR) is 68.0 cm³/mol. The Kier molecular flexibility index (Phi) is 3.91. The zero-order valence-corrected chi connectivity index (χ0v) is 10.8.